The number of pyridine rings is 1. The standard InChI is InChI=1S/C15H15N3O3/c1-9-2-3-11(7-13(9)15(20)21)18-14(19)10-4-5-17-12(6-10)8-16/h2-7H,8,16H2,1H3,(H,18,19)(H,20,21). The summed E-state index contributed by atoms with van der Waals surface area (Å²) in [7, 11) is 0. The van der Waals surface area contributed by atoms with Crippen LogP contribution in [-0.2, 0) is 6.54 Å². The van der Waals surface area contributed by atoms with Crippen LogP contribution < -0.4 is 11.1 Å². The van der Waals surface area contributed by atoms with Gasteiger partial charge in [-0.1, -0.05) is 6.07 Å². The van der Waals surface area contributed by atoms with E-state index in [9.17, 15) is 9.59 Å². The van der Waals surface area contributed by atoms with E-state index in [1.165, 1.54) is 12.3 Å². The molecule has 1 aromatic carbocycles. The number of nitrogens with two attached hydrogens (primary N) is 1. The molecule has 0 fully saturated rings. The van der Waals surface area contributed by atoms with Crippen molar-refractivity contribution in [2.75, 3.05) is 5.32 Å². The summed E-state index contributed by atoms with van der Waals surface area (Å²) >= 11 is 0. The highest BCUT2D eigenvalue weighted by atomic mass is 16.4. The van der Waals surface area contributed by atoms with E-state index in [0.29, 0.717) is 22.5 Å². The maximum absolute atomic E-state index is 12.1. The molecule has 0 bridgehead atoms. The molecule has 4 N–H and O–H groups in total. The highest BCUT2D eigenvalue weighted by molar-refractivity contribution is 6.04. The number of hydrogen-bond acceptors (Lipinski definition) is 4. The molecule has 21 heavy (non-hydrogen) atoms. The molecular weight excluding hydrogens is 270 g/mol. The van der Waals surface area contributed by atoms with Gasteiger partial charge in [0.2, 0.25) is 0 Å². The third-order valence-electron chi connectivity index (χ3n) is 3.01. The van der Waals surface area contributed by atoms with Gasteiger partial charge in [-0.15, -0.1) is 0 Å². The zero-order valence-electron chi connectivity index (χ0n) is 11.5. The second kappa shape index (κ2) is 6.15. The number of aromatic nitrogens is 1. The average Bonchev–Trinajstić information content (AvgIpc) is 2.49. The number of benzene rings is 1. The lowest BCUT2D eigenvalue weighted by Gasteiger charge is -2.08. The van der Waals surface area contributed by atoms with Crippen LogP contribution in [0.3, 0.4) is 0 Å². The van der Waals surface area contributed by atoms with Crippen LogP contribution in [0.1, 0.15) is 32.0 Å². The summed E-state index contributed by atoms with van der Waals surface area (Å²) < 4.78 is 0. The lowest BCUT2D eigenvalue weighted by atomic mass is 10.1. The number of hydrogen-bond donors (Lipinski definition) is 3. The van der Waals surface area contributed by atoms with Gasteiger partial charge in [0.05, 0.1) is 11.3 Å². The van der Waals surface area contributed by atoms with E-state index in [1.807, 2.05) is 0 Å². The minimum Gasteiger partial charge on any atom is -0.478 e. The molecule has 108 valence electrons. The maximum Gasteiger partial charge on any atom is 0.336 e. The number of nitrogens with one attached hydrogen (secondary N) is 1. The van der Waals surface area contributed by atoms with Gasteiger partial charge < -0.3 is 16.2 Å². The minimum atomic E-state index is -1.03. The second-order valence-electron chi connectivity index (χ2n) is 4.53. The van der Waals surface area contributed by atoms with Crippen molar-refractivity contribution in [1.82, 2.24) is 4.98 Å². The van der Waals surface area contributed by atoms with E-state index in [0.717, 1.165) is 0 Å². The van der Waals surface area contributed by atoms with Crippen molar-refractivity contribution in [1.29, 1.82) is 0 Å². The normalized spacial score (nSPS) is 10.2. The molecule has 0 aliphatic heterocycles. The van der Waals surface area contributed by atoms with Crippen molar-refractivity contribution in [3.8, 4) is 0 Å². The number of carbonyl (C=O) groups is 2. The number of rotatable bonds is 4. The number of anilines is 1. The van der Waals surface area contributed by atoms with Crippen LogP contribution in [0.25, 0.3) is 0 Å². The largest absolute Gasteiger partial charge is 0.478 e. The first-order valence-corrected chi connectivity index (χ1v) is 6.31. The Labute approximate surface area is 121 Å². The number of carboxylic acid groups (broad SMARTS) is 1. The summed E-state index contributed by atoms with van der Waals surface area (Å²) in [5.74, 6) is -1.37. The predicted molar refractivity (Wildman–Crippen MR) is 78.2 cm³/mol. The van der Waals surface area contributed by atoms with E-state index < -0.39 is 5.97 Å². The first kappa shape index (κ1) is 14.7. The zero-order valence-corrected chi connectivity index (χ0v) is 11.5. The van der Waals surface area contributed by atoms with Crippen molar-refractivity contribution >= 4 is 17.6 Å². The molecule has 0 unspecified atom stereocenters. The average molecular weight is 285 g/mol. The molecule has 1 aromatic heterocycles. The van der Waals surface area contributed by atoms with E-state index in [-0.39, 0.29) is 18.0 Å². The van der Waals surface area contributed by atoms with Crippen LogP contribution in [0.5, 0.6) is 0 Å². The van der Waals surface area contributed by atoms with Crippen molar-refractivity contribution in [2.45, 2.75) is 13.5 Å². The van der Waals surface area contributed by atoms with Crippen LogP contribution in [0.4, 0.5) is 5.69 Å². The Kier molecular flexibility index (Phi) is 4.30. The van der Waals surface area contributed by atoms with Crippen LogP contribution in [0, 0.1) is 6.92 Å². The van der Waals surface area contributed by atoms with Gasteiger partial charge in [0.1, 0.15) is 0 Å². The number of carbonyl (C=O) groups excluding carboxylic acids is 1. The molecule has 0 atom stereocenters. The van der Waals surface area contributed by atoms with Gasteiger partial charge in [0, 0.05) is 24.0 Å². The monoisotopic (exact) mass is 285 g/mol. The Balaban J connectivity index is 2.23. The van der Waals surface area contributed by atoms with Gasteiger partial charge >= 0.3 is 5.97 Å². The van der Waals surface area contributed by atoms with E-state index in [1.54, 1.807) is 31.2 Å². The Morgan fingerprint density at radius 1 is 1.29 bits per heavy atom. The van der Waals surface area contributed by atoms with Crippen LogP contribution >= 0.6 is 0 Å². The van der Waals surface area contributed by atoms with Gasteiger partial charge in [0.25, 0.3) is 5.91 Å². The summed E-state index contributed by atoms with van der Waals surface area (Å²) in [6.07, 6.45) is 1.51. The quantitative estimate of drug-likeness (QED) is 0.794. The zero-order chi connectivity index (χ0) is 15.4. The number of amides is 1. The Morgan fingerprint density at radius 2 is 2.05 bits per heavy atom. The molecule has 1 amide bonds. The number of aromatic carboxylic acids is 1. The maximum atomic E-state index is 12.1. The third kappa shape index (κ3) is 3.43. The van der Waals surface area contributed by atoms with E-state index in [4.69, 9.17) is 10.8 Å². The van der Waals surface area contributed by atoms with Crippen molar-refractivity contribution < 1.29 is 14.7 Å². The van der Waals surface area contributed by atoms with Crippen LogP contribution in [-0.4, -0.2) is 22.0 Å². The number of aryl methyl sites for hydroxylation is 1. The Bertz CT molecular complexity index is 698. The molecule has 2 rings (SSSR count). The Morgan fingerprint density at radius 3 is 2.71 bits per heavy atom. The highest BCUT2D eigenvalue weighted by Gasteiger charge is 2.11. The van der Waals surface area contributed by atoms with Gasteiger partial charge in [-0.25, -0.2) is 4.79 Å². The lowest BCUT2D eigenvalue weighted by Crippen LogP contribution is -2.14. The molecule has 0 aliphatic carbocycles. The van der Waals surface area contributed by atoms with E-state index >= 15 is 0 Å². The molecule has 0 saturated carbocycles. The SMILES string of the molecule is Cc1ccc(NC(=O)c2ccnc(CN)c2)cc1C(=O)O. The topological polar surface area (TPSA) is 105 Å². The summed E-state index contributed by atoms with van der Waals surface area (Å²) in [6.45, 7) is 1.94. The molecular formula is C15H15N3O3. The summed E-state index contributed by atoms with van der Waals surface area (Å²) in [6, 6.07) is 7.91. The van der Waals surface area contributed by atoms with Gasteiger partial charge in [-0.05, 0) is 36.8 Å². The lowest BCUT2D eigenvalue weighted by molar-refractivity contribution is 0.0695. The number of nitrogens with zero attached hydrogens (tertiary/aromatic N) is 1. The molecule has 2 aromatic rings. The molecule has 6 heteroatoms. The Hall–Kier alpha value is -2.73. The van der Waals surface area contributed by atoms with Gasteiger partial charge in [0.15, 0.2) is 0 Å². The highest BCUT2D eigenvalue weighted by Crippen LogP contribution is 2.16. The second-order valence-corrected chi connectivity index (χ2v) is 4.53. The van der Waals surface area contributed by atoms with Gasteiger partial charge in [-0.3, -0.25) is 9.78 Å². The fourth-order valence-electron chi connectivity index (χ4n) is 1.86. The molecule has 0 radical (unpaired) electrons. The van der Waals surface area contributed by atoms with Crippen LogP contribution in [0.15, 0.2) is 36.5 Å². The van der Waals surface area contributed by atoms with E-state index in [2.05, 4.69) is 10.3 Å². The smallest absolute Gasteiger partial charge is 0.336 e. The molecule has 0 spiro atoms. The predicted octanol–water partition coefficient (Wildman–Crippen LogP) is 1.80. The van der Waals surface area contributed by atoms with Crippen molar-refractivity contribution in [2.24, 2.45) is 5.73 Å². The fourth-order valence-corrected chi connectivity index (χ4v) is 1.86. The fraction of sp³-hybridized carbons (Fsp3) is 0.133. The summed E-state index contributed by atoms with van der Waals surface area (Å²) in [5, 5.41) is 11.7. The molecule has 6 nitrogen and oxygen atoms in total. The van der Waals surface area contributed by atoms with Crippen LogP contribution in [0.2, 0.25) is 0 Å². The summed E-state index contributed by atoms with van der Waals surface area (Å²) in [4.78, 5) is 27.2. The summed E-state index contributed by atoms with van der Waals surface area (Å²) in [5.41, 5.74) is 7.73. The first-order chi connectivity index (χ1) is 10.0. The first-order valence-electron chi connectivity index (χ1n) is 6.31. The molecule has 1 heterocycles. The molecule has 0 saturated heterocycles. The van der Waals surface area contributed by atoms with Crippen molar-refractivity contribution in [3.05, 3.63) is 58.9 Å². The van der Waals surface area contributed by atoms with Gasteiger partial charge in [-0.2, -0.15) is 0 Å². The third-order valence-corrected chi connectivity index (χ3v) is 3.01. The van der Waals surface area contributed by atoms with Crippen molar-refractivity contribution in [3.63, 3.8) is 0 Å². The minimum absolute atomic E-state index is 0.158. The number of carboxylic acids is 1. The molecule has 0 aliphatic rings.